The summed E-state index contributed by atoms with van der Waals surface area (Å²) in [6.45, 7) is 5.87. The SMILES string of the molecule is Cc1ccc(C)c(C(C)NC(=O)CN(Cc2ccccc2)S(C)(=O)=O)c1. The second kappa shape index (κ2) is 8.47. The second-order valence-corrected chi connectivity index (χ2v) is 8.65. The Morgan fingerprint density at radius 3 is 2.38 bits per heavy atom. The molecule has 0 aliphatic carbocycles. The lowest BCUT2D eigenvalue weighted by atomic mass is 10.00. The molecule has 1 amide bonds. The Labute approximate surface area is 156 Å². The number of hydrogen-bond donors (Lipinski definition) is 1. The van der Waals surface area contributed by atoms with Crippen molar-refractivity contribution in [2.24, 2.45) is 0 Å². The number of carbonyl (C=O) groups excluding carboxylic acids is 1. The van der Waals surface area contributed by atoms with E-state index in [2.05, 4.69) is 5.32 Å². The molecule has 0 fully saturated rings. The van der Waals surface area contributed by atoms with Gasteiger partial charge >= 0.3 is 0 Å². The first-order chi connectivity index (χ1) is 12.2. The summed E-state index contributed by atoms with van der Waals surface area (Å²) >= 11 is 0. The van der Waals surface area contributed by atoms with E-state index in [1.807, 2.05) is 69.3 Å². The zero-order valence-electron chi connectivity index (χ0n) is 15.7. The molecule has 1 atom stereocenters. The van der Waals surface area contributed by atoms with Gasteiger partial charge in [0.25, 0.3) is 0 Å². The van der Waals surface area contributed by atoms with Crippen LogP contribution >= 0.6 is 0 Å². The van der Waals surface area contributed by atoms with Crippen molar-refractivity contribution in [2.75, 3.05) is 12.8 Å². The molecule has 26 heavy (non-hydrogen) atoms. The van der Waals surface area contributed by atoms with Crippen molar-refractivity contribution in [1.29, 1.82) is 0 Å². The fourth-order valence-corrected chi connectivity index (χ4v) is 3.56. The molecule has 0 heterocycles. The number of amides is 1. The fourth-order valence-electron chi connectivity index (χ4n) is 2.83. The van der Waals surface area contributed by atoms with E-state index in [0.29, 0.717) is 0 Å². The Morgan fingerprint density at radius 2 is 1.77 bits per heavy atom. The minimum absolute atomic E-state index is 0.172. The molecule has 1 N–H and O–H groups in total. The predicted molar refractivity (Wildman–Crippen MR) is 104 cm³/mol. The maximum atomic E-state index is 12.5. The Morgan fingerprint density at radius 1 is 1.12 bits per heavy atom. The summed E-state index contributed by atoms with van der Waals surface area (Å²) in [5.74, 6) is -0.320. The maximum absolute atomic E-state index is 12.5. The Hall–Kier alpha value is -2.18. The van der Waals surface area contributed by atoms with Crippen molar-refractivity contribution in [3.8, 4) is 0 Å². The van der Waals surface area contributed by atoms with Crippen molar-refractivity contribution < 1.29 is 13.2 Å². The van der Waals surface area contributed by atoms with E-state index in [4.69, 9.17) is 0 Å². The number of nitrogens with zero attached hydrogens (tertiary/aromatic N) is 1. The van der Waals surface area contributed by atoms with Crippen LogP contribution in [0.3, 0.4) is 0 Å². The summed E-state index contributed by atoms with van der Waals surface area (Å²) in [6, 6.07) is 15.1. The molecule has 2 rings (SSSR count). The lowest BCUT2D eigenvalue weighted by Gasteiger charge is -2.22. The minimum Gasteiger partial charge on any atom is -0.348 e. The monoisotopic (exact) mass is 374 g/mol. The highest BCUT2D eigenvalue weighted by atomic mass is 32.2. The summed E-state index contributed by atoms with van der Waals surface area (Å²) in [7, 11) is -3.50. The fraction of sp³-hybridized carbons (Fsp3) is 0.350. The standard InChI is InChI=1S/C20H26N2O3S/c1-15-10-11-16(2)19(12-15)17(3)21-20(23)14-22(26(4,24)25)13-18-8-6-5-7-9-18/h5-12,17H,13-14H2,1-4H3,(H,21,23). The molecule has 0 bridgehead atoms. The van der Waals surface area contributed by atoms with E-state index in [1.165, 1.54) is 4.31 Å². The number of hydrogen-bond acceptors (Lipinski definition) is 3. The van der Waals surface area contributed by atoms with Crippen LogP contribution in [0.15, 0.2) is 48.5 Å². The topological polar surface area (TPSA) is 66.5 Å². The van der Waals surface area contributed by atoms with Gasteiger partial charge in [-0.15, -0.1) is 0 Å². The number of sulfonamides is 1. The smallest absolute Gasteiger partial charge is 0.235 e. The number of carbonyl (C=O) groups is 1. The average Bonchev–Trinajstić information content (AvgIpc) is 2.56. The third kappa shape index (κ3) is 5.68. The van der Waals surface area contributed by atoms with E-state index in [9.17, 15) is 13.2 Å². The number of rotatable bonds is 7. The van der Waals surface area contributed by atoms with Crippen molar-refractivity contribution >= 4 is 15.9 Å². The van der Waals surface area contributed by atoms with Crippen molar-refractivity contribution in [2.45, 2.75) is 33.4 Å². The zero-order chi connectivity index (χ0) is 19.3. The van der Waals surface area contributed by atoms with Gasteiger partial charge in [0.15, 0.2) is 0 Å². The molecule has 2 aromatic carbocycles. The van der Waals surface area contributed by atoms with Crippen molar-refractivity contribution in [3.63, 3.8) is 0 Å². The van der Waals surface area contributed by atoms with Gasteiger partial charge in [0, 0.05) is 6.54 Å². The number of nitrogens with one attached hydrogen (secondary N) is 1. The van der Waals surface area contributed by atoms with Gasteiger partial charge in [-0.05, 0) is 37.5 Å². The predicted octanol–water partition coefficient (Wildman–Crippen LogP) is 2.94. The zero-order valence-corrected chi connectivity index (χ0v) is 16.5. The molecule has 0 saturated carbocycles. The van der Waals surface area contributed by atoms with Crippen LogP contribution in [0.4, 0.5) is 0 Å². The van der Waals surface area contributed by atoms with Crippen LogP contribution in [0.25, 0.3) is 0 Å². The molecule has 6 heteroatoms. The highest BCUT2D eigenvalue weighted by molar-refractivity contribution is 7.88. The Kier molecular flexibility index (Phi) is 6.56. The summed E-state index contributed by atoms with van der Waals surface area (Å²) in [5.41, 5.74) is 4.09. The van der Waals surface area contributed by atoms with Crippen LogP contribution in [0.1, 0.15) is 35.2 Å². The molecule has 140 valence electrons. The molecule has 0 aliphatic rings. The van der Waals surface area contributed by atoms with E-state index in [0.717, 1.165) is 28.5 Å². The van der Waals surface area contributed by atoms with Gasteiger partial charge in [-0.2, -0.15) is 4.31 Å². The van der Waals surface area contributed by atoms with Gasteiger partial charge in [0.1, 0.15) is 0 Å². The van der Waals surface area contributed by atoms with Crippen LogP contribution in [0.2, 0.25) is 0 Å². The van der Waals surface area contributed by atoms with E-state index >= 15 is 0 Å². The summed E-state index contributed by atoms with van der Waals surface area (Å²) in [5, 5.41) is 2.91. The molecule has 1 unspecified atom stereocenters. The lowest BCUT2D eigenvalue weighted by molar-refractivity contribution is -0.122. The van der Waals surface area contributed by atoms with Gasteiger partial charge in [-0.3, -0.25) is 4.79 Å². The average molecular weight is 375 g/mol. The summed E-state index contributed by atoms with van der Waals surface area (Å²) < 4.78 is 25.3. The third-order valence-electron chi connectivity index (χ3n) is 4.27. The molecule has 2 aromatic rings. The van der Waals surface area contributed by atoms with Crippen LogP contribution in [-0.2, 0) is 21.4 Å². The molecule has 0 radical (unpaired) electrons. The first kappa shape index (κ1) is 20.1. The molecule has 0 saturated heterocycles. The Balaban J connectivity index is 2.08. The lowest BCUT2D eigenvalue weighted by Crippen LogP contribution is -2.40. The van der Waals surface area contributed by atoms with E-state index < -0.39 is 10.0 Å². The molecular weight excluding hydrogens is 348 g/mol. The molecule has 0 spiro atoms. The molecule has 0 aliphatic heterocycles. The van der Waals surface area contributed by atoms with Crippen LogP contribution in [0.5, 0.6) is 0 Å². The van der Waals surface area contributed by atoms with Gasteiger partial charge in [0.05, 0.1) is 18.8 Å². The maximum Gasteiger partial charge on any atom is 0.235 e. The summed E-state index contributed by atoms with van der Waals surface area (Å²) in [6.07, 6.45) is 1.12. The highest BCUT2D eigenvalue weighted by Crippen LogP contribution is 2.19. The molecular formula is C20H26N2O3S. The largest absolute Gasteiger partial charge is 0.348 e. The van der Waals surface area contributed by atoms with Gasteiger partial charge < -0.3 is 5.32 Å². The van der Waals surface area contributed by atoms with Crippen molar-refractivity contribution in [3.05, 3.63) is 70.8 Å². The van der Waals surface area contributed by atoms with Crippen LogP contribution in [-0.4, -0.2) is 31.4 Å². The second-order valence-electron chi connectivity index (χ2n) is 6.67. The minimum atomic E-state index is -3.50. The van der Waals surface area contributed by atoms with Crippen LogP contribution < -0.4 is 5.32 Å². The quantitative estimate of drug-likeness (QED) is 0.810. The third-order valence-corrected chi connectivity index (χ3v) is 5.47. The molecule has 0 aromatic heterocycles. The first-order valence-electron chi connectivity index (χ1n) is 8.52. The van der Waals surface area contributed by atoms with Gasteiger partial charge in [0.2, 0.25) is 15.9 Å². The normalized spacial score (nSPS) is 12.8. The van der Waals surface area contributed by atoms with Gasteiger partial charge in [-0.1, -0.05) is 54.1 Å². The van der Waals surface area contributed by atoms with Gasteiger partial charge in [-0.25, -0.2) is 8.42 Å². The number of aryl methyl sites for hydroxylation is 2. The highest BCUT2D eigenvalue weighted by Gasteiger charge is 2.22. The molecule has 5 nitrogen and oxygen atoms in total. The number of benzene rings is 2. The van der Waals surface area contributed by atoms with E-state index in [1.54, 1.807) is 0 Å². The Bertz CT molecular complexity index is 864. The van der Waals surface area contributed by atoms with E-state index in [-0.39, 0.29) is 25.0 Å². The van der Waals surface area contributed by atoms with Crippen LogP contribution in [0, 0.1) is 13.8 Å². The summed E-state index contributed by atoms with van der Waals surface area (Å²) in [4.78, 5) is 12.5. The first-order valence-corrected chi connectivity index (χ1v) is 10.4. The van der Waals surface area contributed by atoms with Crippen molar-refractivity contribution in [1.82, 2.24) is 9.62 Å².